The number of hydrogen-bond acceptors (Lipinski definition) is 5. The summed E-state index contributed by atoms with van der Waals surface area (Å²) in [5.74, 6) is 0. The first-order chi connectivity index (χ1) is 11.1. The highest BCUT2D eigenvalue weighted by Crippen LogP contribution is 2.24. The Hall–Kier alpha value is -1.61. The second-order valence-corrected chi connectivity index (χ2v) is 7.99. The van der Waals surface area contributed by atoms with Crippen LogP contribution in [0.1, 0.15) is 5.69 Å². The van der Waals surface area contributed by atoms with Crippen molar-refractivity contribution in [1.29, 1.82) is 0 Å². The summed E-state index contributed by atoms with van der Waals surface area (Å²) in [6.45, 7) is 0.0721. The number of sulfonamides is 1. The second-order valence-electron chi connectivity index (χ2n) is 4.62. The van der Waals surface area contributed by atoms with Crippen LogP contribution in [0, 0.1) is 0 Å². The standard InChI is InChI=1S/C15H12BrN3O2S2/c16-12-3-1-2-4-14(12)23(20,21)19-9-13-15(18-7-6-17-13)11-5-8-22-10-11/h1-8,10,19H,9H2. The fraction of sp³-hybridized carbons (Fsp3) is 0.0667. The lowest BCUT2D eigenvalue weighted by atomic mass is 10.2. The van der Waals surface area contributed by atoms with E-state index in [1.54, 1.807) is 48.0 Å². The molecule has 118 valence electrons. The van der Waals surface area contributed by atoms with E-state index in [0.717, 1.165) is 5.56 Å². The highest BCUT2D eigenvalue weighted by atomic mass is 79.9. The zero-order chi connectivity index (χ0) is 16.3. The number of benzene rings is 1. The van der Waals surface area contributed by atoms with E-state index < -0.39 is 10.0 Å². The van der Waals surface area contributed by atoms with E-state index in [-0.39, 0.29) is 11.4 Å². The predicted octanol–water partition coefficient (Wildman–Crippen LogP) is 3.45. The molecule has 5 nitrogen and oxygen atoms in total. The average molecular weight is 410 g/mol. The molecule has 2 aromatic heterocycles. The Balaban J connectivity index is 1.86. The van der Waals surface area contributed by atoms with Crippen molar-refractivity contribution in [2.45, 2.75) is 11.4 Å². The van der Waals surface area contributed by atoms with Crippen LogP contribution in [0.4, 0.5) is 0 Å². The molecule has 1 aromatic carbocycles. The van der Waals surface area contributed by atoms with Crippen LogP contribution in [0.15, 0.2) is 62.9 Å². The van der Waals surface area contributed by atoms with Crippen LogP contribution in [-0.2, 0) is 16.6 Å². The van der Waals surface area contributed by atoms with E-state index in [4.69, 9.17) is 0 Å². The molecular formula is C15H12BrN3O2S2. The number of hydrogen-bond donors (Lipinski definition) is 1. The molecule has 0 amide bonds. The van der Waals surface area contributed by atoms with Gasteiger partial charge in [-0.2, -0.15) is 11.3 Å². The Morgan fingerprint density at radius 3 is 2.65 bits per heavy atom. The smallest absolute Gasteiger partial charge is 0.242 e. The van der Waals surface area contributed by atoms with Gasteiger partial charge in [0, 0.05) is 27.8 Å². The van der Waals surface area contributed by atoms with Gasteiger partial charge in [0.05, 0.1) is 22.8 Å². The molecule has 0 atom stereocenters. The summed E-state index contributed by atoms with van der Waals surface area (Å²) < 4.78 is 28.0. The topological polar surface area (TPSA) is 72.0 Å². The minimum absolute atomic E-state index is 0.0721. The lowest BCUT2D eigenvalue weighted by Gasteiger charge is -2.10. The molecule has 0 bridgehead atoms. The molecule has 0 spiro atoms. The van der Waals surface area contributed by atoms with Gasteiger partial charge in [-0.05, 0) is 39.5 Å². The first-order valence-corrected chi connectivity index (χ1v) is 9.86. The van der Waals surface area contributed by atoms with Crippen LogP contribution in [0.25, 0.3) is 11.3 Å². The third kappa shape index (κ3) is 3.66. The quantitative estimate of drug-likeness (QED) is 0.700. The Bertz CT molecular complexity index is 912. The zero-order valence-corrected chi connectivity index (χ0v) is 15.0. The van der Waals surface area contributed by atoms with Crippen molar-refractivity contribution < 1.29 is 8.42 Å². The molecule has 0 aliphatic rings. The first-order valence-electron chi connectivity index (χ1n) is 6.64. The molecule has 3 rings (SSSR count). The molecule has 2 heterocycles. The van der Waals surface area contributed by atoms with Crippen LogP contribution < -0.4 is 4.72 Å². The molecule has 3 aromatic rings. The van der Waals surface area contributed by atoms with Crippen LogP contribution >= 0.6 is 27.3 Å². The van der Waals surface area contributed by atoms with Gasteiger partial charge in [0.15, 0.2) is 0 Å². The van der Waals surface area contributed by atoms with Gasteiger partial charge in [-0.3, -0.25) is 9.97 Å². The van der Waals surface area contributed by atoms with Crippen molar-refractivity contribution in [1.82, 2.24) is 14.7 Å². The van der Waals surface area contributed by atoms with E-state index in [0.29, 0.717) is 15.9 Å². The second kappa shape index (κ2) is 6.88. The molecule has 0 fully saturated rings. The fourth-order valence-corrected chi connectivity index (χ4v) is 4.67. The molecule has 0 saturated carbocycles. The Labute approximate surface area is 146 Å². The summed E-state index contributed by atoms with van der Waals surface area (Å²) in [6, 6.07) is 8.61. The average Bonchev–Trinajstić information content (AvgIpc) is 3.08. The van der Waals surface area contributed by atoms with Crippen molar-refractivity contribution in [3.05, 3.63) is 63.7 Å². The van der Waals surface area contributed by atoms with Crippen LogP contribution in [0.5, 0.6) is 0 Å². The van der Waals surface area contributed by atoms with Gasteiger partial charge in [-0.25, -0.2) is 13.1 Å². The Morgan fingerprint density at radius 1 is 1.13 bits per heavy atom. The van der Waals surface area contributed by atoms with Crippen LogP contribution in [0.3, 0.4) is 0 Å². The Kier molecular flexibility index (Phi) is 4.86. The number of nitrogens with one attached hydrogen (secondary N) is 1. The summed E-state index contributed by atoms with van der Waals surface area (Å²) in [6.07, 6.45) is 3.15. The van der Waals surface area contributed by atoms with Crippen molar-refractivity contribution in [3.8, 4) is 11.3 Å². The van der Waals surface area contributed by atoms with Gasteiger partial charge in [0.1, 0.15) is 0 Å². The lowest BCUT2D eigenvalue weighted by molar-refractivity contribution is 0.580. The summed E-state index contributed by atoms with van der Waals surface area (Å²) in [5, 5.41) is 3.90. The van der Waals surface area contributed by atoms with E-state index in [2.05, 4.69) is 30.6 Å². The molecule has 0 saturated heterocycles. The predicted molar refractivity (Wildman–Crippen MR) is 93.5 cm³/mol. The normalized spacial score (nSPS) is 11.5. The van der Waals surface area contributed by atoms with Gasteiger partial charge >= 0.3 is 0 Å². The van der Waals surface area contributed by atoms with E-state index >= 15 is 0 Å². The molecule has 23 heavy (non-hydrogen) atoms. The minimum atomic E-state index is -3.64. The fourth-order valence-electron chi connectivity index (χ4n) is 2.04. The van der Waals surface area contributed by atoms with Gasteiger partial charge in [0.25, 0.3) is 0 Å². The number of nitrogens with zero attached hydrogens (tertiary/aromatic N) is 2. The largest absolute Gasteiger partial charge is 0.256 e. The first kappa shape index (κ1) is 16.3. The molecular weight excluding hydrogens is 398 g/mol. The third-order valence-electron chi connectivity index (χ3n) is 3.12. The maximum Gasteiger partial charge on any atom is 0.242 e. The number of thiophene rings is 1. The summed E-state index contributed by atoms with van der Waals surface area (Å²) >= 11 is 4.81. The number of halogens is 1. The van der Waals surface area contributed by atoms with Crippen LogP contribution in [-0.4, -0.2) is 18.4 Å². The lowest BCUT2D eigenvalue weighted by Crippen LogP contribution is -2.24. The molecule has 0 unspecified atom stereocenters. The minimum Gasteiger partial charge on any atom is -0.256 e. The number of rotatable bonds is 5. The molecule has 0 radical (unpaired) electrons. The zero-order valence-electron chi connectivity index (χ0n) is 11.8. The monoisotopic (exact) mass is 409 g/mol. The van der Waals surface area contributed by atoms with E-state index in [9.17, 15) is 8.42 Å². The van der Waals surface area contributed by atoms with Gasteiger partial charge in [0.2, 0.25) is 10.0 Å². The number of aromatic nitrogens is 2. The maximum atomic E-state index is 12.4. The Morgan fingerprint density at radius 2 is 1.91 bits per heavy atom. The van der Waals surface area contributed by atoms with Gasteiger partial charge < -0.3 is 0 Å². The maximum absolute atomic E-state index is 12.4. The summed E-state index contributed by atoms with van der Waals surface area (Å²) in [7, 11) is -3.64. The molecule has 1 N–H and O–H groups in total. The third-order valence-corrected chi connectivity index (χ3v) is 6.22. The molecule has 0 aliphatic heterocycles. The molecule has 8 heteroatoms. The highest BCUT2D eigenvalue weighted by Gasteiger charge is 2.18. The van der Waals surface area contributed by atoms with E-state index in [1.807, 2.05) is 16.8 Å². The molecule has 0 aliphatic carbocycles. The summed E-state index contributed by atoms with van der Waals surface area (Å²) in [4.78, 5) is 8.76. The summed E-state index contributed by atoms with van der Waals surface area (Å²) in [5.41, 5.74) is 2.20. The van der Waals surface area contributed by atoms with E-state index in [1.165, 1.54) is 0 Å². The van der Waals surface area contributed by atoms with Crippen molar-refractivity contribution >= 4 is 37.3 Å². The van der Waals surface area contributed by atoms with Crippen molar-refractivity contribution in [2.24, 2.45) is 0 Å². The van der Waals surface area contributed by atoms with Crippen molar-refractivity contribution in [2.75, 3.05) is 0 Å². The van der Waals surface area contributed by atoms with Crippen LogP contribution in [0.2, 0.25) is 0 Å². The van der Waals surface area contributed by atoms with Gasteiger partial charge in [-0.1, -0.05) is 12.1 Å². The van der Waals surface area contributed by atoms with Gasteiger partial charge in [-0.15, -0.1) is 0 Å². The highest BCUT2D eigenvalue weighted by molar-refractivity contribution is 9.10. The SMILES string of the molecule is O=S(=O)(NCc1nccnc1-c1ccsc1)c1ccccc1Br. The van der Waals surface area contributed by atoms with Crippen molar-refractivity contribution in [3.63, 3.8) is 0 Å².